The summed E-state index contributed by atoms with van der Waals surface area (Å²) in [6.07, 6.45) is 20.0. The second-order valence-corrected chi connectivity index (χ2v) is 7.41. The zero-order valence-corrected chi connectivity index (χ0v) is 14.6. The molecule has 0 atom stereocenters. The maximum Gasteiger partial charge on any atom is -0.0299 e. The molecule has 0 radical (unpaired) electrons. The largest absolute Gasteiger partial charge is 0.103 e. The fourth-order valence-electron chi connectivity index (χ4n) is 2.51. The third-order valence-corrected chi connectivity index (χ3v) is 4.00. The molecule has 20 heavy (non-hydrogen) atoms. The number of hydrogen-bond acceptors (Lipinski definition) is 0. The van der Waals surface area contributed by atoms with Crippen molar-refractivity contribution < 1.29 is 0 Å². The molecule has 0 N–H and O–H groups in total. The van der Waals surface area contributed by atoms with Crippen molar-refractivity contribution in [1.82, 2.24) is 0 Å². The van der Waals surface area contributed by atoms with Crippen molar-refractivity contribution in [3.63, 3.8) is 0 Å². The fourth-order valence-corrected chi connectivity index (χ4v) is 2.51. The Morgan fingerprint density at radius 2 is 1.60 bits per heavy atom. The van der Waals surface area contributed by atoms with Gasteiger partial charge in [-0.25, -0.2) is 0 Å². The van der Waals surface area contributed by atoms with E-state index in [-0.39, 0.29) is 0 Å². The summed E-state index contributed by atoms with van der Waals surface area (Å²) in [4.78, 5) is 0. The van der Waals surface area contributed by atoms with Crippen molar-refractivity contribution in [1.29, 1.82) is 0 Å². The Morgan fingerprint density at radius 1 is 0.900 bits per heavy atom. The molecule has 0 aliphatic rings. The lowest BCUT2D eigenvalue weighted by molar-refractivity contribution is 0.325. The molecule has 0 spiro atoms. The Balaban J connectivity index is 3.53. The van der Waals surface area contributed by atoms with Gasteiger partial charge in [0.05, 0.1) is 0 Å². The number of allylic oxidation sites excluding steroid dienone is 3. The molecule has 0 aromatic heterocycles. The Bertz CT molecular complexity index is 245. The molecule has 0 saturated carbocycles. The van der Waals surface area contributed by atoms with Gasteiger partial charge >= 0.3 is 0 Å². The highest BCUT2D eigenvalue weighted by Gasteiger charge is 2.14. The first-order valence-electron chi connectivity index (χ1n) is 8.74. The minimum absolute atomic E-state index is 0.468. The van der Waals surface area contributed by atoms with Crippen LogP contribution in [0, 0.1) is 11.3 Å². The average molecular weight is 279 g/mol. The van der Waals surface area contributed by atoms with Crippen LogP contribution < -0.4 is 0 Å². The van der Waals surface area contributed by atoms with Crippen LogP contribution in [0.3, 0.4) is 0 Å². The van der Waals surface area contributed by atoms with Crippen LogP contribution in [-0.2, 0) is 0 Å². The minimum atomic E-state index is 0.468. The molecule has 0 heterocycles. The van der Waals surface area contributed by atoms with E-state index in [9.17, 15) is 0 Å². The molecule has 0 fully saturated rings. The van der Waals surface area contributed by atoms with Gasteiger partial charge in [-0.1, -0.05) is 71.6 Å². The molecule has 0 aliphatic heterocycles. The van der Waals surface area contributed by atoms with E-state index in [0.29, 0.717) is 5.41 Å². The Morgan fingerprint density at radius 3 is 2.25 bits per heavy atom. The SMILES string of the molecule is C=CCCCCC(C)(C)CC=CCCCCCC(C)C. The Kier molecular flexibility index (Phi) is 11.9. The second-order valence-electron chi connectivity index (χ2n) is 7.41. The van der Waals surface area contributed by atoms with Gasteiger partial charge in [0.15, 0.2) is 0 Å². The van der Waals surface area contributed by atoms with E-state index >= 15 is 0 Å². The predicted molar refractivity (Wildman–Crippen MR) is 94.1 cm³/mol. The molecule has 0 bridgehead atoms. The fraction of sp³-hybridized carbons (Fsp3) is 0.800. The van der Waals surface area contributed by atoms with E-state index in [1.54, 1.807) is 0 Å². The molecule has 0 aliphatic carbocycles. The molecule has 0 nitrogen and oxygen atoms in total. The quantitative estimate of drug-likeness (QED) is 0.245. The van der Waals surface area contributed by atoms with Crippen LogP contribution in [0.1, 0.15) is 91.9 Å². The van der Waals surface area contributed by atoms with Crippen LogP contribution in [0.4, 0.5) is 0 Å². The first-order chi connectivity index (χ1) is 9.48. The van der Waals surface area contributed by atoms with Crippen molar-refractivity contribution in [2.45, 2.75) is 91.9 Å². The molecule has 0 unspecified atom stereocenters. The van der Waals surface area contributed by atoms with E-state index in [1.165, 1.54) is 64.2 Å². The van der Waals surface area contributed by atoms with Gasteiger partial charge in [0.1, 0.15) is 0 Å². The topological polar surface area (TPSA) is 0 Å². The first-order valence-corrected chi connectivity index (χ1v) is 8.74. The smallest absolute Gasteiger partial charge is 0.0299 e. The highest BCUT2D eigenvalue weighted by molar-refractivity contribution is 4.87. The van der Waals surface area contributed by atoms with Crippen LogP contribution >= 0.6 is 0 Å². The van der Waals surface area contributed by atoms with Crippen molar-refractivity contribution in [2.24, 2.45) is 11.3 Å². The van der Waals surface area contributed by atoms with Crippen LogP contribution in [-0.4, -0.2) is 0 Å². The molecule has 0 amide bonds. The molecule has 0 aromatic rings. The summed E-state index contributed by atoms with van der Waals surface area (Å²) in [6.45, 7) is 13.2. The van der Waals surface area contributed by atoms with Gasteiger partial charge in [0.2, 0.25) is 0 Å². The summed E-state index contributed by atoms with van der Waals surface area (Å²) in [6, 6.07) is 0. The van der Waals surface area contributed by atoms with E-state index in [4.69, 9.17) is 0 Å². The number of hydrogen-bond donors (Lipinski definition) is 0. The van der Waals surface area contributed by atoms with Gasteiger partial charge in [-0.3, -0.25) is 0 Å². The Hall–Kier alpha value is -0.520. The van der Waals surface area contributed by atoms with Gasteiger partial charge in [-0.05, 0) is 49.9 Å². The van der Waals surface area contributed by atoms with Gasteiger partial charge in [-0.2, -0.15) is 0 Å². The second kappa shape index (κ2) is 12.2. The van der Waals surface area contributed by atoms with Crippen molar-refractivity contribution in [2.75, 3.05) is 0 Å². The normalized spacial score (nSPS) is 12.4. The molecular weight excluding hydrogens is 240 g/mol. The van der Waals surface area contributed by atoms with Crippen LogP contribution in [0.25, 0.3) is 0 Å². The van der Waals surface area contributed by atoms with Crippen molar-refractivity contribution >= 4 is 0 Å². The number of unbranched alkanes of at least 4 members (excludes halogenated alkanes) is 5. The van der Waals surface area contributed by atoms with Gasteiger partial charge in [0.25, 0.3) is 0 Å². The standard InChI is InChI=1S/C20H38/c1-6-7-8-14-17-20(4,5)18-15-12-10-9-11-13-16-19(2)3/h6,12,15,19H,1,7-11,13-14,16-18H2,2-5H3. The van der Waals surface area contributed by atoms with Gasteiger partial charge < -0.3 is 0 Å². The monoisotopic (exact) mass is 278 g/mol. The maximum atomic E-state index is 3.78. The highest BCUT2D eigenvalue weighted by Crippen LogP contribution is 2.28. The van der Waals surface area contributed by atoms with E-state index in [0.717, 1.165) is 5.92 Å². The van der Waals surface area contributed by atoms with Crippen LogP contribution in [0.15, 0.2) is 24.8 Å². The summed E-state index contributed by atoms with van der Waals surface area (Å²) in [5.74, 6) is 0.868. The maximum absolute atomic E-state index is 3.78. The van der Waals surface area contributed by atoms with E-state index < -0.39 is 0 Å². The molecular formula is C20H38. The predicted octanol–water partition coefficient (Wildman–Crippen LogP) is 7.31. The number of rotatable bonds is 13. The first kappa shape index (κ1) is 19.5. The molecule has 0 saturated heterocycles. The lowest BCUT2D eigenvalue weighted by atomic mass is 9.83. The van der Waals surface area contributed by atoms with Gasteiger partial charge in [-0.15, -0.1) is 6.58 Å². The summed E-state index contributed by atoms with van der Waals surface area (Å²) >= 11 is 0. The molecule has 118 valence electrons. The molecule has 0 aromatic carbocycles. The zero-order valence-electron chi connectivity index (χ0n) is 14.6. The van der Waals surface area contributed by atoms with E-state index in [1.807, 2.05) is 6.08 Å². The van der Waals surface area contributed by atoms with E-state index in [2.05, 4.69) is 46.4 Å². The van der Waals surface area contributed by atoms with Crippen molar-refractivity contribution in [3.05, 3.63) is 24.8 Å². The van der Waals surface area contributed by atoms with Gasteiger partial charge in [0, 0.05) is 0 Å². The van der Waals surface area contributed by atoms with Crippen molar-refractivity contribution in [3.8, 4) is 0 Å². The third kappa shape index (κ3) is 13.9. The summed E-state index contributed by atoms with van der Waals surface area (Å²) < 4.78 is 0. The molecule has 0 heteroatoms. The Labute approximate surface area is 128 Å². The lowest BCUT2D eigenvalue weighted by Gasteiger charge is -2.22. The summed E-state index contributed by atoms with van der Waals surface area (Å²) in [7, 11) is 0. The lowest BCUT2D eigenvalue weighted by Crippen LogP contribution is -2.09. The summed E-state index contributed by atoms with van der Waals surface area (Å²) in [5.41, 5.74) is 0.468. The average Bonchev–Trinajstić information content (AvgIpc) is 2.37. The highest BCUT2D eigenvalue weighted by atomic mass is 14.2. The zero-order chi connectivity index (χ0) is 15.3. The molecule has 0 rings (SSSR count). The van der Waals surface area contributed by atoms with Crippen LogP contribution in [0.2, 0.25) is 0 Å². The third-order valence-electron chi connectivity index (χ3n) is 4.00. The minimum Gasteiger partial charge on any atom is -0.103 e. The summed E-state index contributed by atoms with van der Waals surface area (Å²) in [5, 5.41) is 0. The van der Waals surface area contributed by atoms with Crippen LogP contribution in [0.5, 0.6) is 0 Å².